The molecule has 0 aliphatic carbocycles. The van der Waals surface area contributed by atoms with E-state index in [0.29, 0.717) is 51.3 Å². The van der Waals surface area contributed by atoms with E-state index < -0.39 is 76.3 Å². The number of aliphatic hydroxyl groups is 1. The Kier molecular flexibility index (Phi) is 20.6. The summed E-state index contributed by atoms with van der Waals surface area (Å²) in [6.45, 7) is 30.6. The number of fused-ring (bicyclic) bond motifs is 4. The van der Waals surface area contributed by atoms with Crippen molar-refractivity contribution >= 4 is 102 Å². The van der Waals surface area contributed by atoms with Crippen LogP contribution in [-0.2, 0) is 28.6 Å². The Bertz CT molecular complexity index is 3830. The van der Waals surface area contributed by atoms with E-state index in [1.165, 1.54) is 11.0 Å². The summed E-state index contributed by atoms with van der Waals surface area (Å²) in [4.78, 5) is 94.4. The Morgan fingerprint density at radius 3 is 2.28 bits per heavy atom. The Morgan fingerprint density at radius 1 is 0.914 bits per heavy atom. The number of hydrogen-bond acceptors (Lipinski definition) is 17. The van der Waals surface area contributed by atoms with Gasteiger partial charge in [-0.2, -0.15) is 9.97 Å². The first kappa shape index (κ1) is 68.5. The minimum Gasteiger partial charge on any atom is -0.462 e. The molecule has 10 rings (SSSR count). The molecule has 4 aliphatic heterocycles. The van der Waals surface area contributed by atoms with Crippen LogP contribution < -0.4 is 25.6 Å². The Labute approximate surface area is 553 Å². The van der Waals surface area contributed by atoms with Crippen LogP contribution in [0.4, 0.5) is 34.9 Å². The molecule has 93 heavy (non-hydrogen) atoms. The summed E-state index contributed by atoms with van der Waals surface area (Å²) in [5, 5.41) is 19.6. The van der Waals surface area contributed by atoms with Gasteiger partial charge in [-0.3, -0.25) is 29.5 Å². The third kappa shape index (κ3) is 15.6. The second-order valence-electron chi connectivity index (χ2n) is 27.5. The molecule has 7 heterocycles. The van der Waals surface area contributed by atoms with Gasteiger partial charge in [-0.25, -0.2) is 28.2 Å². The molecular formula is C67H82ClF2N11O10S2. The van der Waals surface area contributed by atoms with Gasteiger partial charge >= 0.3 is 18.2 Å². The van der Waals surface area contributed by atoms with Crippen LogP contribution >= 0.6 is 34.3 Å². The summed E-state index contributed by atoms with van der Waals surface area (Å²) in [5.74, 6) is -2.47. The Balaban J connectivity index is 0.788. The number of nitrogens with zero attached hydrogens (tertiary/aromatic N) is 8. The molecule has 0 spiro atoms. The quantitative estimate of drug-likeness (QED) is 0.0436. The fourth-order valence-corrected chi connectivity index (χ4v) is 15.0. The summed E-state index contributed by atoms with van der Waals surface area (Å²) in [6.07, 6.45) is 1.58. The van der Waals surface area contributed by atoms with Crippen molar-refractivity contribution in [2.24, 2.45) is 5.41 Å². The fraction of sp³-hybridized carbons (Fsp3) is 0.537. The lowest BCUT2D eigenvalue weighted by molar-refractivity contribution is -0.144. The van der Waals surface area contributed by atoms with Crippen molar-refractivity contribution in [2.45, 2.75) is 175 Å². The van der Waals surface area contributed by atoms with E-state index in [4.69, 9.17) is 47.1 Å². The van der Waals surface area contributed by atoms with Crippen LogP contribution in [0.3, 0.4) is 0 Å². The van der Waals surface area contributed by atoms with E-state index >= 15 is 8.78 Å². The van der Waals surface area contributed by atoms with Crippen LogP contribution in [0.25, 0.3) is 47.4 Å². The Hall–Kier alpha value is -7.34. The molecule has 3 aromatic carbocycles. The summed E-state index contributed by atoms with van der Waals surface area (Å²) in [6, 6.07) is 8.97. The number of ether oxygens (including phenoxy) is 4. The fourth-order valence-electron chi connectivity index (χ4n) is 12.8. The number of amides is 5. The minimum atomic E-state index is -0.997. The van der Waals surface area contributed by atoms with Gasteiger partial charge in [-0.15, -0.1) is 22.7 Å². The first-order chi connectivity index (χ1) is 44.0. The van der Waals surface area contributed by atoms with Crippen molar-refractivity contribution < 1.29 is 56.8 Å². The number of halogens is 3. The maximum absolute atomic E-state index is 17.9. The standard InChI is InChI=1S/C67H82ClF2N11O10S2/c1-36(38-16-18-39(19-17-38)55-37(2)72-35-92-55)73-59(84)48-29-43(82)33-80(48)61(85)57(65(3,4)5)74-49(83)24-28-88-27-14-26-78-25-13-15-42(78)34-89-62-75-53-45(58(76-62)79-31-40-20-21-41(32-79)81(40)64(87)91-67(9,10)11)30-46(68)50(52(53)70)44-22-23-47(69)56-51(44)54(71-12)60(93-56)77-63(86)90-66(6,7)8/h16-19,22-23,30,35-36,40-43,48,57,82H,13-15,20-21,24-29,31-34H2,1-11H3,(H,73,84)(H,74,83)(H,77,86)/t36-,40?,41?,42-,43+,48-,57+/m0/s1. The van der Waals surface area contributed by atoms with E-state index in [-0.39, 0.29) is 111 Å². The zero-order chi connectivity index (χ0) is 67.0. The van der Waals surface area contributed by atoms with Crippen molar-refractivity contribution in [2.75, 3.05) is 62.8 Å². The number of aryl methyl sites for hydroxylation is 1. The van der Waals surface area contributed by atoms with Crippen LogP contribution in [0.1, 0.15) is 131 Å². The maximum atomic E-state index is 17.9. The minimum absolute atomic E-state index is 0.00671. The summed E-state index contributed by atoms with van der Waals surface area (Å²) in [7, 11) is 0. The monoisotopic (exact) mass is 1340 g/mol. The molecule has 2 bridgehead atoms. The van der Waals surface area contributed by atoms with Crippen LogP contribution in [0.2, 0.25) is 5.02 Å². The van der Waals surface area contributed by atoms with Gasteiger partial charge in [0.25, 0.3) is 0 Å². The molecule has 6 aromatic rings. The molecule has 4 fully saturated rings. The number of piperazine rings is 1. The molecule has 0 saturated carbocycles. The molecule has 4 saturated heterocycles. The van der Waals surface area contributed by atoms with Gasteiger partial charge < -0.3 is 44.5 Å². The number of nitrogens with one attached hydrogen (secondary N) is 3. The number of likely N-dealkylation sites (tertiary alicyclic amines) is 2. The highest BCUT2D eigenvalue weighted by atomic mass is 35.5. The van der Waals surface area contributed by atoms with E-state index in [0.717, 1.165) is 58.5 Å². The zero-order valence-corrected chi connectivity index (χ0v) is 56.8. The average Bonchev–Trinajstić information content (AvgIpc) is 1.73. The lowest BCUT2D eigenvalue weighted by Gasteiger charge is -2.42. The number of carbonyl (C=O) groups is 5. The van der Waals surface area contributed by atoms with Crippen molar-refractivity contribution in [3.63, 3.8) is 0 Å². The number of rotatable bonds is 19. The summed E-state index contributed by atoms with van der Waals surface area (Å²) >= 11 is 9.49. The molecule has 5 amide bonds. The van der Waals surface area contributed by atoms with Gasteiger partial charge in [0.15, 0.2) is 5.82 Å². The van der Waals surface area contributed by atoms with Gasteiger partial charge in [0.1, 0.15) is 52.0 Å². The Morgan fingerprint density at radius 2 is 1.62 bits per heavy atom. The number of anilines is 2. The van der Waals surface area contributed by atoms with E-state index in [1.807, 2.05) is 84.6 Å². The lowest BCUT2D eigenvalue weighted by Crippen LogP contribution is -2.58. The van der Waals surface area contributed by atoms with Crippen molar-refractivity contribution in [3.05, 3.63) is 87.3 Å². The zero-order valence-electron chi connectivity index (χ0n) is 54.4. The van der Waals surface area contributed by atoms with Gasteiger partial charge in [-0.1, -0.05) is 62.7 Å². The highest BCUT2D eigenvalue weighted by Crippen LogP contribution is 2.51. The maximum Gasteiger partial charge on any atom is 0.411 e. The number of aromatic nitrogens is 3. The molecule has 0 radical (unpaired) electrons. The molecule has 7 atom stereocenters. The third-order valence-electron chi connectivity index (χ3n) is 17.2. The molecule has 2 unspecified atom stereocenters. The summed E-state index contributed by atoms with van der Waals surface area (Å²) < 4.78 is 57.3. The van der Waals surface area contributed by atoms with Crippen molar-refractivity contribution in [3.8, 4) is 27.6 Å². The number of benzene rings is 3. The van der Waals surface area contributed by atoms with Gasteiger partial charge in [0, 0.05) is 68.0 Å². The number of carbonyl (C=O) groups excluding carboxylic acids is 5. The van der Waals surface area contributed by atoms with Crippen LogP contribution in [0, 0.1) is 30.5 Å². The summed E-state index contributed by atoms with van der Waals surface area (Å²) in [5.41, 5.74) is 2.01. The first-order valence-electron chi connectivity index (χ1n) is 31.6. The van der Waals surface area contributed by atoms with Crippen LogP contribution in [-0.4, -0.2) is 165 Å². The number of thiazole rings is 1. The van der Waals surface area contributed by atoms with Crippen molar-refractivity contribution in [1.29, 1.82) is 0 Å². The molecular weight excluding hydrogens is 1260 g/mol. The van der Waals surface area contributed by atoms with Crippen LogP contribution in [0.5, 0.6) is 6.01 Å². The van der Waals surface area contributed by atoms with Crippen molar-refractivity contribution in [1.82, 2.24) is 40.3 Å². The highest BCUT2D eigenvalue weighted by molar-refractivity contribution is 7.24. The normalized spacial score (nSPS) is 20.0. The van der Waals surface area contributed by atoms with Gasteiger partial charge in [-0.05, 0) is 128 Å². The lowest BCUT2D eigenvalue weighted by atomic mass is 9.85. The second kappa shape index (κ2) is 27.9. The highest BCUT2D eigenvalue weighted by Gasteiger charge is 2.47. The number of hydrogen-bond donors (Lipinski definition) is 4. The van der Waals surface area contributed by atoms with Crippen LogP contribution in [0.15, 0.2) is 48.0 Å². The second-order valence-corrected chi connectivity index (χ2v) is 29.8. The largest absolute Gasteiger partial charge is 0.462 e. The molecule has 26 heteroatoms. The smallest absolute Gasteiger partial charge is 0.411 e. The topological polar surface area (TPSA) is 235 Å². The molecule has 4 aliphatic rings. The molecule has 4 N–H and O–H groups in total. The number of thiophene rings is 1. The van der Waals surface area contributed by atoms with Gasteiger partial charge in [0.05, 0.1) is 63.2 Å². The predicted octanol–water partition coefficient (Wildman–Crippen LogP) is 12.4. The predicted molar refractivity (Wildman–Crippen MR) is 355 cm³/mol. The van der Waals surface area contributed by atoms with E-state index in [1.54, 1.807) is 48.6 Å². The van der Waals surface area contributed by atoms with E-state index in [9.17, 15) is 29.1 Å². The molecule has 21 nitrogen and oxygen atoms in total. The first-order valence-corrected chi connectivity index (χ1v) is 33.7. The number of β-amino-alcohol motifs (C(OH)–C–C–N with tert-alkyl or cyclic N) is 1. The third-order valence-corrected chi connectivity index (χ3v) is 19.5. The molecule has 498 valence electrons. The molecule has 3 aromatic heterocycles. The van der Waals surface area contributed by atoms with Gasteiger partial charge in [0.2, 0.25) is 23.4 Å². The average molecular weight is 1340 g/mol. The number of aliphatic hydroxyl groups excluding tert-OH is 1. The van der Waals surface area contributed by atoms with E-state index in [2.05, 4.69) is 30.7 Å². The SMILES string of the molecule is [C-]#[N+]c1c(NC(=O)OC(C)(C)C)sc2c(F)ccc(-c3c(Cl)cc4c(N5CC6CCC(C5)N6C(=O)OC(C)(C)C)nc(OC[C@@H]5CCCN5CCCOCCC(=O)N[C@H](C(=O)N5C[C@H](O)C[C@H]5C(=O)N[C@@H](C)c5ccc(-c6scnc6C)cc5)C(C)(C)C)nc4c3F)c12.